The van der Waals surface area contributed by atoms with Crippen LogP contribution in [0.1, 0.15) is 47.3 Å². The van der Waals surface area contributed by atoms with Crippen LogP contribution in [0.25, 0.3) is 0 Å². The molecule has 0 amide bonds. The van der Waals surface area contributed by atoms with Crippen LogP contribution in [-0.2, 0) is 16.0 Å². The summed E-state index contributed by atoms with van der Waals surface area (Å²) in [6.45, 7) is 5.83. The van der Waals surface area contributed by atoms with E-state index in [0.717, 1.165) is 5.56 Å². The van der Waals surface area contributed by atoms with Crippen molar-refractivity contribution in [1.29, 1.82) is 0 Å². The van der Waals surface area contributed by atoms with Crippen LogP contribution in [0.4, 0.5) is 0 Å². The molecule has 7 heteroatoms. The number of carbonyl (C=O) groups is 2. The van der Waals surface area contributed by atoms with E-state index in [1.165, 1.54) is 18.1 Å². The van der Waals surface area contributed by atoms with Crippen LogP contribution in [0.3, 0.4) is 0 Å². The third-order valence-corrected chi connectivity index (χ3v) is 2.81. The van der Waals surface area contributed by atoms with Gasteiger partial charge in [0.1, 0.15) is 11.9 Å². The van der Waals surface area contributed by atoms with Crippen molar-refractivity contribution in [3.8, 4) is 0 Å². The summed E-state index contributed by atoms with van der Waals surface area (Å²) in [7, 11) is 1.27. The van der Waals surface area contributed by atoms with Crippen molar-refractivity contribution in [3.05, 3.63) is 47.5 Å². The van der Waals surface area contributed by atoms with Crippen molar-refractivity contribution in [2.45, 2.75) is 32.9 Å². The Morgan fingerprint density at radius 3 is 2.61 bits per heavy atom. The van der Waals surface area contributed by atoms with Gasteiger partial charge in [-0.25, -0.2) is 19.3 Å². The molecule has 0 atom stereocenters. The second-order valence-electron chi connectivity index (χ2n) is 5.96. The number of carbonyl (C=O) groups excluding carboxylic acids is 2. The highest BCUT2D eigenvalue weighted by molar-refractivity contribution is 5.89. The highest BCUT2D eigenvalue weighted by Crippen LogP contribution is 2.14. The van der Waals surface area contributed by atoms with Crippen molar-refractivity contribution in [2.24, 2.45) is 0 Å². The Morgan fingerprint density at radius 2 is 1.96 bits per heavy atom. The molecule has 0 fully saturated rings. The Bertz CT molecular complexity index is 716. The zero-order chi connectivity index (χ0) is 17.0. The Morgan fingerprint density at radius 1 is 1.22 bits per heavy atom. The van der Waals surface area contributed by atoms with E-state index in [1.807, 2.05) is 26.8 Å². The molecule has 0 spiro atoms. The summed E-state index contributed by atoms with van der Waals surface area (Å²) >= 11 is 0. The molecular weight excluding hydrogens is 298 g/mol. The second kappa shape index (κ2) is 6.60. The lowest BCUT2D eigenvalue weighted by molar-refractivity contribution is 0.00692. The molecule has 23 heavy (non-hydrogen) atoms. The summed E-state index contributed by atoms with van der Waals surface area (Å²) in [5, 5.41) is 4.03. The summed E-state index contributed by atoms with van der Waals surface area (Å²) in [4.78, 5) is 27.3. The van der Waals surface area contributed by atoms with Crippen molar-refractivity contribution >= 4 is 11.9 Å². The van der Waals surface area contributed by atoms with Gasteiger partial charge in [-0.1, -0.05) is 12.1 Å². The maximum absolute atomic E-state index is 12.1. The van der Waals surface area contributed by atoms with Gasteiger partial charge in [-0.15, -0.1) is 5.10 Å². The summed E-state index contributed by atoms with van der Waals surface area (Å²) in [6.07, 6.45) is 1.44. The first-order valence-corrected chi connectivity index (χ1v) is 7.08. The number of esters is 2. The van der Waals surface area contributed by atoms with Gasteiger partial charge in [0.15, 0.2) is 0 Å². The topological polar surface area (TPSA) is 83.3 Å². The first-order chi connectivity index (χ1) is 10.8. The summed E-state index contributed by atoms with van der Waals surface area (Å²) in [5.41, 5.74) is 0.759. The lowest BCUT2D eigenvalue weighted by Gasteiger charge is -2.19. The lowest BCUT2D eigenvalue weighted by Crippen LogP contribution is -2.24. The number of methoxy groups -OCH3 is 1. The summed E-state index contributed by atoms with van der Waals surface area (Å²) in [5.74, 6) is -0.977. The van der Waals surface area contributed by atoms with E-state index < -0.39 is 11.6 Å². The largest absolute Gasteiger partial charge is 0.463 e. The predicted octanol–water partition coefficient (Wildman–Crippen LogP) is 2.07. The Hall–Kier alpha value is -2.70. The maximum atomic E-state index is 12.1. The quantitative estimate of drug-likeness (QED) is 0.803. The molecular formula is C16H19N3O4. The number of rotatable bonds is 4. The molecule has 0 N–H and O–H groups in total. The second-order valence-corrected chi connectivity index (χ2v) is 5.96. The van der Waals surface area contributed by atoms with E-state index >= 15 is 0 Å². The van der Waals surface area contributed by atoms with E-state index in [2.05, 4.69) is 14.8 Å². The molecule has 1 heterocycles. The molecule has 1 aromatic heterocycles. The molecule has 2 aromatic rings. The van der Waals surface area contributed by atoms with Crippen molar-refractivity contribution in [3.63, 3.8) is 0 Å². The Balaban J connectivity index is 2.12. The minimum atomic E-state index is -0.591. The SMILES string of the molecule is COC(=O)c1ncn(Cc2cccc(C(=O)OC(C)(C)C)c2)n1. The van der Waals surface area contributed by atoms with Gasteiger partial charge in [-0.2, -0.15) is 0 Å². The maximum Gasteiger partial charge on any atom is 0.377 e. The molecule has 0 saturated heterocycles. The molecule has 0 saturated carbocycles. The van der Waals surface area contributed by atoms with Gasteiger partial charge in [0, 0.05) is 0 Å². The van der Waals surface area contributed by atoms with Crippen LogP contribution >= 0.6 is 0 Å². The smallest absolute Gasteiger partial charge is 0.377 e. The Labute approximate surface area is 134 Å². The van der Waals surface area contributed by atoms with E-state index in [0.29, 0.717) is 12.1 Å². The Kier molecular flexibility index (Phi) is 4.78. The standard InChI is InChI=1S/C16H19N3O4/c1-16(2,3)23-14(20)12-7-5-6-11(8-12)9-19-10-17-13(18-19)15(21)22-4/h5-8,10H,9H2,1-4H3. The van der Waals surface area contributed by atoms with E-state index in [4.69, 9.17) is 4.74 Å². The monoisotopic (exact) mass is 317 g/mol. The fourth-order valence-corrected chi connectivity index (χ4v) is 1.88. The average molecular weight is 317 g/mol. The zero-order valence-electron chi connectivity index (χ0n) is 13.6. The number of hydrogen-bond donors (Lipinski definition) is 0. The molecule has 0 unspecified atom stereocenters. The molecule has 1 aromatic carbocycles. The number of benzene rings is 1. The highest BCUT2D eigenvalue weighted by atomic mass is 16.6. The molecule has 122 valence electrons. The predicted molar refractivity (Wildman–Crippen MR) is 82.1 cm³/mol. The third-order valence-electron chi connectivity index (χ3n) is 2.81. The third kappa shape index (κ3) is 4.64. The minimum Gasteiger partial charge on any atom is -0.463 e. The van der Waals surface area contributed by atoms with Crippen LogP contribution in [0.5, 0.6) is 0 Å². The van der Waals surface area contributed by atoms with Crippen molar-refractivity contribution in [1.82, 2.24) is 14.8 Å². The normalized spacial score (nSPS) is 11.1. The van der Waals surface area contributed by atoms with Gasteiger partial charge in [-0.05, 0) is 38.5 Å². The molecule has 0 bridgehead atoms. The summed E-state index contributed by atoms with van der Waals surface area (Å²) < 4.78 is 11.4. The number of nitrogens with zero attached hydrogens (tertiary/aromatic N) is 3. The van der Waals surface area contributed by atoms with Crippen LogP contribution in [-0.4, -0.2) is 39.4 Å². The van der Waals surface area contributed by atoms with Crippen LogP contribution in [0.2, 0.25) is 0 Å². The average Bonchev–Trinajstić information content (AvgIpc) is 2.93. The number of aromatic nitrogens is 3. The summed E-state index contributed by atoms with van der Waals surface area (Å²) in [6, 6.07) is 7.05. The molecule has 7 nitrogen and oxygen atoms in total. The van der Waals surface area contributed by atoms with Gasteiger partial charge in [0.2, 0.25) is 0 Å². The fraction of sp³-hybridized carbons (Fsp3) is 0.375. The van der Waals surface area contributed by atoms with Gasteiger partial charge in [0.05, 0.1) is 19.2 Å². The molecule has 0 aliphatic rings. The van der Waals surface area contributed by atoms with Gasteiger partial charge < -0.3 is 9.47 Å². The van der Waals surface area contributed by atoms with Crippen molar-refractivity contribution in [2.75, 3.05) is 7.11 Å². The van der Waals surface area contributed by atoms with Gasteiger partial charge >= 0.3 is 11.9 Å². The number of hydrogen-bond acceptors (Lipinski definition) is 6. The van der Waals surface area contributed by atoms with Crippen LogP contribution < -0.4 is 0 Å². The molecule has 2 rings (SSSR count). The minimum absolute atomic E-state index is 0.00389. The molecule has 0 aliphatic carbocycles. The molecule has 0 aliphatic heterocycles. The molecule has 0 radical (unpaired) electrons. The first kappa shape index (κ1) is 16.7. The van der Waals surface area contributed by atoms with Gasteiger partial charge in [0.25, 0.3) is 5.82 Å². The first-order valence-electron chi connectivity index (χ1n) is 7.08. The highest BCUT2D eigenvalue weighted by Gasteiger charge is 2.18. The fourth-order valence-electron chi connectivity index (χ4n) is 1.88. The van der Waals surface area contributed by atoms with Crippen molar-refractivity contribution < 1.29 is 19.1 Å². The van der Waals surface area contributed by atoms with E-state index in [1.54, 1.807) is 18.2 Å². The van der Waals surface area contributed by atoms with E-state index in [-0.39, 0.29) is 11.8 Å². The van der Waals surface area contributed by atoms with Crippen LogP contribution in [0, 0.1) is 0 Å². The number of ether oxygens (including phenoxy) is 2. The lowest BCUT2D eigenvalue weighted by atomic mass is 10.1. The van der Waals surface area contributed by atoms with Crippen LogP contribution in [0.15, 0.2) is 30.6 Å². The van der Waals surface area contributed by atoms with Gasteiger partial charge in [-0.3, -0.25) is 0 Å². The van der Waals surface area contributed by atoms with E-state index in [9.17, 15) is 9.59 Å². The zero-order valence-corrected chi connectivity index (χ0v) is 13.6.